The van der Waals surface area contributed by atoms with E-state index in [-0.39, 0.29) is 11.3 Å². The first-order valence-corrected chi connectivity index (χ1v) is 9.02. The molecule has 0 bridgehead atoms. The van der Waals surface area contributed by atoms with Gasteiger partial charge in [-0.05, 0) is 37.5 Å². The maximum atomic E-state index is 13.0. The van der Waals surface area contributed by atoms with Gasteiger partial charge in [-0.25, -0.2) is 0 Å². The van der Waals surface area contributed by atoms with Crippen LogP contribution in [0, 0.1) is 6.92 Å². The molecule has 1 aromatic carbocycles. The lowest BCUT2D eigenvalue weighted by Crippen LogP contribution is -2.47. The zero-order chi connectivity index (χ0) is 18.1. The van der Waals surface area contributed by atoms with Crippen LogP contribution in [0.1, 0.15) is 41.6 Å². The van der Waals surface area contributed by atoms with Crippen LogP contribution < -0.4 is 0 Å². The standard InChI is InChI=1S/C21H23N3O2/c1-15-9-10-19(26-15)17-13-18(23-22-17)20(25)24-12-6-11-21(2,14-24)16-7-4-3-5-8-16/h3-5,7-10,13H,6,11-12,14H2,1-2H3,(H,22,23)/t21-/m1/s1. The summed E-state index contributed by atoms with van der Waals surface area (Å²) in [5.41, 5.74) is 2.42. The van der Waals surface area contributed by atoms with E-state index in [4.69, 9.17) is 4.42 Å². The van der Waals surface area contributed by atoms with Crippen LogP contribution in [0.25, 0.3) is 11.5 Å². The Labute approximate surface area is 153 Å². The molecule has 3 aromatic rings. The fourth-order valence-electron chi connectivity index (χ4n) is 3.79. The Morgan fingerprint density at radius 3 is 2.77 bits per heavy atom. The molecule has 1 fully saturated rings. The van der Waals surface area contributed by atoms with E-state index in [0.717, 1.165) is 30.8 Å². The van der Waals surface area contributed by atoms with Gasteiger partial charge in [0, 0.05) is 24.6 Å². The van der Waals surface area contributed by atoms with Crippen molar-refractivity contribution in [1.29, 1.82) is 0 Å². The van der Waals surface area contributed by atoms with Crippen molar-refractivity contribution in [3.8, 4) is 11.5 Å². The van der Waals surface area contributed by atoms with E-state index in [0.29, 0.717) is 18.0 Å². The van der Waals surface area contributed by atoms with Gasteiger partial charge in [0.05, 0.1) is 0 Å². The third-order valence-electron chi connectivity index (χ3n) is 5.26. The van der Waals surface area contributed by atoms with Crippen LogP contribution in [0.4, 0.5) is 0 Å². The minimum Gasteiger partial charge on any atom is -0.460 e. The number of furan rings is 1. The quantitative estimate of drug-likeness (QED) is 0.772. The summed E-state index contributed by atoms with van der Waals surface area (Å²) in [5, 5.41) is 7.14. The van der Waals surface area contributed by atoms with Crippen molar-refractivity contribution >= 4 is 5.91 Å². The predicted octanol–water partition coefficient (Wildman–Crippen LogP) is 4.17. The summed E-state index contributed by atoms with van der Waals surface area (Å²) < 4.78 is 5.60. The van der Waals surface area contributed by atoms with E-state index in [2.05, 4.69) is 41.4 Å². The van der Waals surface area contributed by atoms with Gasteiger partial charge in [0.25, 0.3) is 5.91 Å². The number of aromatic amines is 1. The number of nitrogens with zero attached hydrogens (tertiary/aromatic N) is 2. The third kappa shape index (κ3) is 3.05. The van der Waals surface area contributed by atoms with E-state index >= 15 is 0 Å². The Morgan fingerprint density at radius 1 is 1.23 bits per heavy atom. The van der Waals surface area contributed by atoms with Crippen LogP contribution in [0.3, 0.4) is 0 Å². The van der Waals surface area contributed by atoms with Gasteiger partial charge < -0.3 is 9.32 Å². The van der Waals surface area contributed by atoms with Crippen molar-refractivity contribution in [2.24, 2.45) is 0 Å². The number of hydrogen-bond donors (Lipinski definition) is 1. The molecule has 0 saturated carbocycles. The van der Waals surface area contributed by atoms with Gasteiger partial charge in [0.1, 0.15) is 11.5 Å². The number of aromatic nitrogens is 2. The smallest absolute Gasteiger partial charge is 0.274 e. The predicted molar refractivity (Wildman–Crippen MR) is 100.0 cm³/mol. The molecular formula is C21H23N3O2. The number of H-pyrrole nitrogens is 1. The van der Waals surface area contributed by atoms with E-state index in [1.165, 1.54) is 5.56 Å². The number of hydrogen-bond acceptors (Lipinski definition) is 3. The van der Waals surface area contributed by atoms with Crippen molar-refractivity contribution < 1.29 is 9.21 Å². The van der Waals surface area contributed by atoms with Crippen LogP contribution in [-0.4, -0.2) is 34.1 Å². The number of benzene rings is 1. The van der Waals surface area contributed by atoms with E-state index in [9.17, 15) is 4.79 Å². The normalized spacial score (nSPS) is 20.3. The second-order valence-corrected chi connectivity index (χ2v) is 7.33. The zero-order valence-corrected chi connectivity index (χ0v) is 15.2. The SMILES string of the molecule is Cc1ccc(-c2cc(C(=O)N3CCC[C@@](C)(c4ccccc4)C3)n[nH]2)o1. The number of amides is 1. The molecule has 2 aromatic heterocycles. The van der Waals surface area contributed by atoms with Crippen LogP contribution in [-0.2, 0) is 5.41 Å². The summed E-state index contributed by atoms with van der Waals surface area (Å²) in [4.78, 5) is 14.9. The molecule has 1 aliphatic heterocycles. The van der Waals surface area contributed by atoms with Gasteiger partial charge in [0.15, 0.2) is 11.5 Å². The van der Waals surface area contributed by atoms with Gasteiger partial charge in [0.2, 0.25) is 0 Å². The minimum atomic E-state index is -0.0300. The van der Waals surface area contributed by atoms with Crippen LogP contribution in [0.2, 0.25) is 0 Å². The largest absolute Gasteiger partial charge is 0.460 e. The minimum absolute atomic E-state index is 0.0214. The molecule has 4 rings (SSSR count). The summed E-state index contributed by atoms with van der Waals surface area (Å²) in [6.07, 6.45) is 2.07. The molecule has 5 heteroatoms. The van der Waals surface area contributed by atoms with Crippen molar-refractivity contribution in [3.63, 3.8) is 0 Å². The van der Waals surface area contributed by atoms with Crippen LogP contribution in [0.15, 0.2) is 52.9 Å². The lowest BCUT2D eigenvalue weighted by molar-refractivity contribution is 0.0645. The molecule has 26 heavy (non-hydrogen) atoms. The molecule has 1 saturated heterocycles. The van der Waals surface area contributed by atoms with Gasteiger partial charge in [-0.2, -0.15) is 5.10 Å². The van der Waals surface area contributed by atoms with Gasteiger partial charge in [-0.1, -0.05) is 37.3 Å². The third-order valence-corrected chi connectivity index (χ3v) is 5.26. The summed E-state index contributed by atoms with van der Waals surface area (Å²) in [5.74, 6) is 1.50. The highest BCUT2D eigenvalue weighted by Gasteiger charge is 2.35. The Bertz CT molecular complexity index is 912. The molecule has 134 valence electrons. The van der Waals surface area contributed by atoms with Crippen molar-refractivity contribution in [2.45, 2.75) is 32.1 Å². The second-order valence-electron chi connectivity index (χ2n) is 7.33. The Balaban J connectivity index is 1.54. The first-order chi connectivity index (χ1) is 12.5. The average Bonchev–Trinajstić information content (AvgIpc) is 3.31. The molecule has 0 unspecified atom stereocenters. The highest BCUT2D eigenvalue weighted by atomic mass is 16.3. The number of aryl methyl sites for hydroxylation is 1. The van der Waals surface area contributed by atoms with E-state index in [1.807, 2.05) is 30.0 Å². The highest BCUT2D eigenvalue weighted by molar-refractivity contribution is 5.93. The van der Waals surface area contributed by atoms with Crippen molar-refractivity contribution in [2.75, 3.05) is 13.1 Å². The number of rotatable bonds is 3. The van der Waals surface area contributed by atoms with E-state index in [1.54, 1.807) is 6.07 Å². The van der Waals surface area contributed by atoms with Crippen LogP contribution >= 0.6 is 0 Å². The summed E-state index contributed by atoms with van der Waals surface area (Å²) in [7, 11) is 0. The topological polar surface area (TPSA) is 62.1 Å². The van der Waals surface area contributed by atoms with Gasteiger partial charge >= 0.3 is 0 Å². The summed E-state index contributed by atoms with van der Waals surface area (Å²) >= 11 is 0. The monoisotopic (exact) mass is 349 g/mol. The zero-order valence-electron chi connectivity index (χ0n) is 15.2. The molecular weight excluding hydrogens is 326 g/mol. The van der Waals surface area contributed by atoms with Crippen LogP contribution in [0.5, 0.6) is 0 Å². The molecule has 5 nitrogen and oxygen atoms in total. The van der Waals surface area contributed by atoms with E-state index < -0.39 is 0 Å². The maximum absolute atomic E-state index is 13.0. The maximum Gasteiger partial charge on any atom is 0.274 e. The van der Waals surface area contributed by atoms with Gasteiger partial charge in [-0.15, -0.1) is 0 Å². The Hall–Kier alpha value is -2.82. The lowest BCUT2D eigenvalue weighted by Gasteiger charge is -2.40. The van der Waals surface area contributed by atoms with Crippen molar-refractivity contribution in [1.82, 2.24) is 15.1 Å². The molecule has 1 N–H and O–H groups in total. The Morgan fingerprint density at radius 2 is 2.04 bits per heavy atom. The first kappa shape index (κ1) is 16.6. The number of piperidine rings is 1. The van der Waals surface area contributed by atoms with Gasteiger partial charge in [-0.3, -0.25) is 9.89 Å². The summed E-state index contributed by atoms with van der Waals surface area (Å²) in [6.45, 7) is 5.61. The number of carbonyl (C=O) groups is 1. The molecule has 1 atom stereocenters. The summed E-state index contributed by atoms with van der Waals surface area (Å²) in [6, 6.07) is 16.0. The highest BCUT2D eigenvalue weighted by Crippen LogP contribution is 2.34. The second kappa shape index (κ2) is 6.48. The lowest BCUT2D eigenvalue weighted by atomic mass is 9.76. The number of carbonyl (C=O) groups excluding carboxylic acids is 1. The molecule has 1 amide bonds. The molecule has 0 spiro atoms. The molecule has 1 aliphatic rings. The molecule has 0 radical (unpaired) electrons. The first-order valence-electron chi connectivity index (χ1n) is 9.02. The average molecular weight is 349 g/mol. The number of likely N-dealkylation sites (tertiary alicyclic amines) is 1. The fraction of sp³-hybridized carbons (Fsp3) is 0.333. The fourth-order valence-corrected chi connectivity index (χ4v) is 3.79. The molecule has 0 aliphatic carbocycles. The van der Waals surface area contributed by atoms with Crippen molar-refractivity contribution in [3.05, 3.63) is 65.5 Å². The Kier molecular flexibility index (Phi) is 4.15. The number of nitrogens with one attached hydrogen (secondary N) is 1. The molecule has 3 heterocycles.